The predicted octanol–water partition coefficient (Wildman–Crippen LogP) is 2.16. The molecule has 0 atom stereocenters. The third-order valence-corrected chi connectivity index (χ3v) is 4.60. The minimum Gasteiger partial charge on any atom is -0.490 e. The molecule has 0 bridgehead atoms. The van der Waals surface area contributed by atoms with Crippen molar-refractivity contribution in [3.05, 3.63) is 23.8 Å². The zero-order valence-corrected chi connectivity index (χ0v) is 15.5. The lowest BCUT2D eigenvalue weighted by molar-refractivity contribution is -0.118. The van der Waals surface area contributed by atoms with Crippen LogP contribution in [0, 0.1) is 0 Å². The molecule has 0 unspecified atom stereocenters. The van der Waals surface area contributed by atoms with Crippen molar-refractivity contribution in [2.24, 2.45) is 5.10 Å². The highest BCUT2D eigenvalue weighted by atomic mass is 32.2. The maximum atomic E-state index is 11.8. The second kappa shape index (κ2) is 9.84. The Morgan fingerprint density at radius 1 is 1.32 bits per heavy atom. The van der Waals surface area contributed by atoms with Crippen molar-refractivity contribution < 1.29 is 14.3 Å². The van der Waals surface area contributed by atoms with Crippen LogP contribution in [0.3, 0.4) is 0 Å². The summed E-state index contributed by atoms with van der Waals surface area (Å²) in [7, 11) is 0. The van der Waals surface area contributed by atoms with E-state index in [-0.39, 0.29) is 11.7 Å². The number of amides is 1. The summed E-state index contributed by atoms with van der Waals surface area (Å²) in [5.41, 5.74) is 8.73. The number of nitrogen functional groups attached to an aromatic ring is 1. The number of nitrogens with zero attached hydrogens (tertiary/aromatic N) is 3. The summed E-state index contributed by atoms with van der Waals surface area (Å²) in [4.78, 5) is 11.8. The molecule has 0 aliphatic rings. The second-order valence-corrected chi connectivity index (χ2v) is 6.79. The highest BCUT2D eigenvalue weighted by Crippen LogP contribution is 2.28. The van der Waals surface area contributed by atoms with E-state index in [0.29, 0.717) is 34.2 Å². The van der Waals surface area contributed by atoms with Crippen molar-refractivity contribution in [2.75, 3.05) is 24.7 Å². The molecule has 1 aromatic heterocycles. The number of nitrogens with one attached hydrogen (secondary N) is 1. The molecule has 0 fully saturated rings. The maximum absolute atomic E-state index is 11.8. The molecule has 25 heavy (non-hydrogen) atoms. The lowest BCUT2D eigenvalue weighted by Gasteiger charge is -2.11. The van der Waals surface area contributed by atoms with Crippen LogP contribution < -0.4 is 20.6 Å². The van der Waals surface area contributed by atoms with Gasteiger partial charge in [-0.15, -0.1) is 10.2 Å². The Hall–Kier alpha value is -2.33. The molecule has 1 aromatic carbocycles. The fourth-order valence-electron chi connectivity index (χ4n) is 1.77. The molecular formula is C15H19N5O3S2. The number of hydrogen-bond acceptors (Lipinski definition) is 9. The fourth-order valence-corrected chi connectivity index (χ4v) is 3.19. The third kappa shape index (κ3) is 6.24. The van der Waals surface area contributed by atoms with Gasteiger partial charge in [-0.3, -0.25) is 4.79 Å². The van der Waals surface area contributed by atoms with Crippen molar-refractivity contribution in [1.82, 2.24) is 15.6 Å². The minimum atomic E-state index is -0.244. The monoisotopic (exact) mass is 381 g/mol. The normalized spacial score (nSPS) is 10.8. The molecule has 0 saturated heterocycles. The maximum Gasteiger partial charge on any atom is 0.250 e. The molecule has 134 valence electrons. The van der Waals surface area contributed by atoms with E-state index >= 15 is 0 Å². The van der Waals surface area contributed by atoms with Crippen LogP contribution in [-0.2, 0) is 4.79 Å². The van der Waals surface area contributed by atoms with Gasteiger partial charge >= 0.3 is 0 Å². The van der Waals surface area contributed by atoms with Crippen molar-refractivity contribution >= 4 is 40.4 Å². The van der Waals surface area contributed by atoms with E-state index in [1.807, 2.05) is 32.0 Å². The lowest BCUT2D eigenvalue weighted by Crippen LogP contribution is -2.19. The first-order valence-electron chi connectivity index (χ1n) is 7.55. The van der Waals surface area contributed by atoms with Gasteiger partial charge < -0.3 is 15.2 Å². The highest BCUT2D eigenvalue weighted by Gasteiger charge is 2.07. The number of carbonyl (C=O) groups is 1. The van der Waals surface area contributed by atoms with Crippen molar-refractivity contribution in [2.45, 2.75) is 18.2 Å². The van der Waals surface area contributed by atoms with Crippen LogP contribution in [0.5, 0.6) is 11.5 Å². The molecule has 0 saturated carbocycles. The van der Waals surface area contributed by atoms with Gasteiger partial charge in [0.1, 0.15) is 0 Å². The van der Waals surface area contributed by atoms with E-state index in [2.05, 4.69) is 20.7 Å². The first-order chi connectivity index (χ1) is 12.1. The number of ether oxygens (including phenoxy) is 2. The molecular weight excluding hydrogens is 362 g/mol. The molecule has 10 heteroatoms. The van der Waals surface area contributed by atoms with Crippen LogP contribution in [0.25, 0.3) is 0 Å². The Kier molecular flexibility index (Phi) is 7.48. The third-order valence-electron chi connectivity index (χ3n) is 2.72. The summed E-state index contributed by atoms with van der Waals surface area (Å²) in [6, 6.07) is 5.46. The van der Waals surface area contributed by atoms with Crippen molar-refractivity contribution in [3.8, 4) is 11.5 Å². The highest BCUT2D eigenvalue weighted by molar-refractivity contribution is 8.01. The average molecular weight is 381 g/mol. The number of rotatable bonds is 9. The largest absolute Gasteiger partial charge is 0.490 e. The van der Waals surface area contributed by atoms with Gasteiger partial charge in [0, 0.05) is 0 Å². The summed E-state index contributed by atoms with van der Waals surface area (Å²) in [5, 5.41) is 11.8. The Balaban J connectivity index is 1.87. The summed E-state index contributed by atoms with van der Waals surface area (Å²) in [6.45, 7) is 4.90. The number of hydrogen-bond donors (Lipinski definition) is 2. The Bertz CT molecular complexity index is 736. The number of thioether (sulfide) groups is 1. The number of hydrazone groups is 1. The van der Waals surface area contributed by atoms with Crippen molar-refractivity contribution in [3.63, 3.8) is 0 Å². The van der Waals surface area contributed by atoms with Crippen LogP contribution in [-0.4, -0.2) is 41.3 Å². The summed E-state index contributed by atoms with van der Waals surface area (Å²) >= 11 is 2.49. The minimum absolute atomic E-state index is 0.180. The molecule has 2 aromatic rings. The Morgan fingerprint density at radius 2 is 2.08 bits per heavy atom. The average Bonchev–Trinajstić information content (AvgIpc) is 3.01. The van der Waals surface area contributed by atoms with Gasteiger partial charge in [-0.05, 0) is 37.6 Å². The number of aromatic nitrogens is 2. The zero-order valence-electron chi connectivity index (χ0n) is 13.9. The standard InChI is InChI=1S/C15H19N5O3S2/c1-3-22-11-6-5-10(7-12(11)23-4-2)8-17-18-13(21)9-24-15-20-19-14(16)25-15/h5-8H,3-4,9H2,1-2H3,(H2,16,19)(H,18,21)/b17-8-. The van der Waals surface area contributed by atoms with Crippen LogP contribution in [0.1, 0.15) is 19.4 Å². The van der Waals surface area contributed by atoms with E-state index in [0.717, 1.165) is 5.56 Å². The number of nitrogens with two attached hydrogens (primary N) is 1. The van der Waals surface area contributed by atoms with E-state index in [9.17, 15) is 4.79 Å². The molecule has 0 radical (unpaired) electrons. The Morgan fingerprint density at radius 3 is 2.76 bits per heavy atom. The van der Waals surface area contributed by atoms with E-state index < -0.39 is 0 Å². The van der Waals surface area contributed by atoms with Gasteiger partial charge in [0.2, 0.25) is 5.13 Å². The van der Waals surface area contributed by atoms with Crippen LogP contribution in [0.4, 0.5) is 5.13 Å². The molecule has 2 rings (SSSR count). The summed E-state index contributed by atoms with van der Waals surface area (Å²) < 4.78 is 11.7. The molecule has 1 amide bonds. The zero-order chi connectivity index (χ0) is 18.1. The van der Waals surface area contributed by atoms with Gasteiger partial charge in [0.05, 0.1) is 25.2 Å². The smallest absolute Gasteiger partial charge is 0.250 e. The molecule has 1 heterocycles. The molecule has 0 aliphatic heterocycles. The molecule has 0 aliphatic carbocycles. The van der Waals surface area contributed by atoms with Gasteiger partial charge in [-0.25, -0.2) is 5.43 Å². The number of anilines is 1. The van der Waals surface area contributed by atoms with E-state index in [4.69, 9.17) is 15.2 Å². The first kappa shape index (κ1) is 19.0. The SMILES string of the molecule is CCOc1ccc(/C=N\NC(=O)CSc2nnc(N)s2)cc1OCC. The first-order valence-corrected chi connectivity index (χ1v) is 9.36. The number of carbonyl (C=O) groups excluding carboxylic acids is 1. The summed E-state index contributed by atoms with van der Waals surface area (Å²) in [6.07, 6.45) is 1.55. The van der Waals surface area contributed by atoms with E-state index in [1.165, 1.54) is 23.1 Å². The van der Waals surface area contributed by atoms with Gasteiger partial charge in [0.25, 0.3) is 5.91 Å². The fraction of sp³-hybridized carbons (Fsp3) is 0.333. The van der Waals surface area contributed by atoms with Gasteiger partial charge in [-0.2, -0.15) is 5.10 Å². The quantitative estimate of drug-likeness (QED) is 0.389. The second-order valence-electron chi connectivity index (χ2n) is 4.56. The Labute approximate surface area is 153 Å². The van der Waals surface area contributed by atoms with Crippen LogP contribution in [0.2, 0.25) is 0 Å². The van der Waals surface area contributed by atoms with Crippen molar-refractivity contribution in [1.29, 1.82) is 0 Å². The predicted molar refractivity (Wildman–Crippen MR) is 99.6 cm³/mol. The molecule has 8 nitrogen and oxygen atoms in total. The lowest BCUT2D eigenvalue weighted by atomic mass is 10.2. The topological polar surface area (TPSA) is 112 Å². The summed E-state index contributed by atoms with van der Waals surface area (Å²) in [5.74, 6) is 1.26. The van der Waals surface area contributed by atoms with E-state index in [1.54, 1.807) is 6.21 Å². The molecule has 0 spiro atoms. The van der Waals surface area contributed by atoms with Gasteiger partial charge in [0.15, 0.2) is 15.8 Å². The van der Waals surface area contributed by atoms with Crippen LogP contribution >= 0.6 is 23.1 Å². The number of benzene rings is 1. The molecule has 3 N–H and O–H groups in total. The van der Waals surface area contributed by atoms with Crippen LogP contribution in [0.15, 0.2) is 27.6 Å². The van der Waals surface area contributed by atoms with Gasteiger partial charge in [-0.1, -0.05) is 23.1 Å².